The van der Waals surface area contributed by atoms with Gasteiger partial charge in [-0.25, -0.2) is 0 Å². The standard InChI is InChI=1S/C12H14N2O2/c1-14-7-6-12(13-14)10-2-4-11(5-3-10)16-9-8-15/h2-7,15H,8-9H2,1H3. The van der Waals surface area contributed by atoms with E-state index in [1.807, 2.05) is 43.6 Å². The Labute approximate surface area is 94.1 Å². The first kappa shape index (κ1) is 10.7. The summed E-state index contributed by atoms with van der Waals surface area (Å²) in [6, 6.07) is 9.62. The molecule has 1 aromatic heterocycles. The summed E-state index contributed by atoms with van der Waals surface area (Å²) < 4.78 is 7.04. The SMILES string of the molecule is Cn1ccc(-c2ccc(OCCO)cc2)n1. The molecule has 4 nitrogen and oxygen atoms in total. The van der Waals surface area contributed by atoms with Crippen molar-refractivity contribution in [2.45, 2.75) is 0 Å². The summed E-state index contributed by atoms with van der Waals surface area (Å²) in [5, 5.41) is 12.9. The maximum atomic E-state index is 8.63. The molecule has 16 heavy (non-hydrogen) atoms. The maximum absolute atomic E-state index is 8.63. The maximum Gasteiger partial charge on any atom is 0.119 e. The number of aliphatic hydroxyl groups excluding tert-OH is 1. The number of nitrogens with zero attached hydrogens (tertiary/aromatic N) is 2. The van der Waals surface area contributed by atoms with Crippen LogP contribution in [0, 0.1) is 0 Å². The van der Waals surface area contributed by atoms with Crippen molar-refractivity contribution in [1.82, 2.24) is 9.78 Å². The summed E-state index contributed by atoms with van der Waals surface area (Å²) in [5.41, 5.74) is 1.99. The van der Waals surface area contributed by atoms with Crippen molar-refractivity contribution in [3.8, 4) is 17.0 Å². The van der Waals surface area contributed by atoms with Gasteiger partial charge in [0, 0.05) is 18.8 Å². The molecule has 0 saturated carbocycles. The van der Waals surface area contributed by atoms with Crippen molar-refractivity contribution in [2.24, 2.45) is 7.05 Å². The lowest BCUT2D eigenvalue weighted by Gasteiger charge is -2.04. The molecule has 0 fully saturated rings. The van der Waals surface area contributed by atoms with Crippen LogP contribution in [-0.2, 0) is 7.05 Å². The molecule has 0 aliphatic carbocycles. The van der Waals surface area contributed by atoms with Gasteiger partial charge < -0.3 is 9.84 Å². The predicted molar refractivity (Wildman–Crippen MR) is 61.2 cm³/mol. The van der Waals surface area contributed by atoms with Crippen LogP contribution in [0.4, 0.5) is 0 Å². The van der Waals surface area contributed by atoms with Crippen molar-refractivity contribution < 1.29 is 9.84 Å². The number of ether oxygens (including phenoxy) is 1. The van der Waals surface area contributed by atoms with Gasteiger partial charge in [0.1, 0.15) is 12.4 Å². The molecule has 0 bridgehead atoms. The number of benzene rings is 1. The highest BCUT2D eigenvalue weighted by Crippen LogP contribution is 2.20. The van der Waals surface area contributed by atoms with Crippen molar-refractivity contribution in [1.29, 1.82) is 0 Å². The van der Waals surface area contributed by atoms with Crippen LogP contribution in [0.2, 0.25) is 0 Å². The molecule has 0 amide bonds. The zero-order valence-corrected chi connectivity index (χ0v) is 9.13. The number of aryl methyl sites for hydroxylation is 1. The Hall–Kier alpha value is -1.81. The lowest BCUT2D eigenvalue weighted by Crippen LogP contribution is -2.01. The Kier molecular flexibility index (Phi) is 3.22. The van der Waals surface area contributed by atoms with E-state index in [-0.39, 0.29) is 6.61 Å². The highest BCUT2D eigenvalue weighted by Gasteiger charge is 2.01. The first-order valence-electron chi connectivity index (χ1n) is 5.13. The molecule has 2 rings (SSSR count). The van der Waals surface area contributed by atoms with Crippen LogP contribution in [0.25, 0.3) is 11.3 Å². The Morgan fingerprint density at radius 1 is 1.25 bits per heavy atom. The smallest absolute Gasteiger partial charge is 0.119 e. The second kappa shape index (κ2) is 4.81. The highest BCUT2D eigenvalue weighted by atomic mass is 16.5. The third kappa shape index (κ3) is 2.41. The van der Waals surface area contributed by atoms with Gasteiger partial charge in [0.15, 0.2) is 0 Å². The van der Waals surface area contributed by atoms with Crippen LogP contribution in [0.15, 0.2) is 36.5 Å². The van der Waals surface area contributed by atoms with E-state index in [9.17, 15) is 0 Å². The number of aliphatic hydroxyl groups is 1. The molecule has 1 heterocycles. The number of hydrogen-bond donors (Lipinski definition) is 1. The highest BCUT2D eigenvalue weighted by molar-refractivity contribution is 5.59. The van der Waals surface area contributed by atoms with Crippen LogP contribution < -0.4 is 4.74 Å². The minimum Gasteiger partial charge on any atom is -0.491 e. The summed E-state index contributed by atoms with van der Waals surface area (Å²) in [6.45, 7) is 0.352. The van der Waals surface area contributed by atoms with Crippen LogP contribution in [0.5, 0.6) is 5.75 Å². The summed E-state index contributed by atoms with van der Waals surface area (Å²) in [5.74, 6) is 0.758. The molecular weight excluding hydrogens is 204 g/mol. The molecule has 1 aromatic carbocycles. The molecular formula is C12H14N2O2. The van der Waals surface area contributed by atoms with Gasteiger partial charge >= 0.3 is 0 Å². The number of hydrogen-bond acceptors (Lipinski definition) is 3. The molecule has 0 spiro atoms. The van der Waals surface area contributed by atoms with E-state index in [1.165, 1.54) is 0 Å². The zero-order valence-electron chi connectivity index (χ0n) is 9.13. The van der Waals surface area contributed by atoms with Crippen LogP contribution in [-0.4, -0.2) is 28.1 Å². The van der Waals surface area contributed by atoms with Crippen LogP contribution in [0.1, 0.15) is 0 Å². The molecule has 0 aliphatic heterocycles. The van der Waals surface area contributed by atoms with Crippen molar-refractivity contribution in [2.75, 3.05) is 13.2 Å². The summed E-state index contributed by atoms with van der Waals surface area (Å²) in [7, 11) is 1.89. The molecule has 0 aliphatic rings. The van der Waals surface area contributed by atoms with Crippen molar-refractivity contribution in [3.63, 3.8) is 0 Å². The van der Waals surface area contributed by atoms with Gasteiger partial charge in [-0.3, -0.25) is 4.68 Å². The van der Waals surface area contributed by atoms with E-state index in [2.05, 4.69) is 5.10 Å². The van der Waals surface area contributed by atoms with E-state index in [0.29, 0.717) is 6.61 Å². The number of aromatic nitrogens is 2. The third-order valence-corrected chi connectivity index (χ3v) is 2.22. The largest absolute Gasteiger partial charge is 0.491 e. The van der Waals surface area contributed by atoms with Crippen LogP contribution >= 0.6 is 0 Å². The summed E-state index contributed by atoms with van der Waals surface area (Å²) in [6.07, 6.45) is 1.91. The molecule has 0 atom stereocenters. The van der Waals surface area contributed by atoms with E-state index in [1.54, 1.807) is 4.68 Å². The predicted octanol–water partition coefficient (Wildman–Crippen LogP) is 1.46. The minimum absolute atomic E-state index is 0.0298. The van der Waals surface area contributed by atoms with Gasteiger partial charge in [0.25, 0.3) is 0 Å². The Bertz CT molecular complexity index is 448. The Morgan fingerprint density at radius 3 is 2.56 bits per heavy atom. The normalized spacial score (nSPS) is 10.4. The fraction of sp³-hybridized carbons (Fsp3) is 0.250. The lowest BCUT2D eigenvalue weighted by atomic mass is 10.1. The summed E-state index contributed by atoms with van der Waals surface area (Å²) >= 11 is 0. The lowest BCUT2D eigenvalue weighted by molar-refractivity contribution is 0.201. The topological polar surface area (TPSA) is 47.3 Å². The quantitative estimate of drug-likeness (QED) is 0.845. The van der Waals surface area contributed by atoms with Crippen molar-refractivity contribution >= 4 is 0 Å². The number of rotatable bonds is 4. The van der Waals surface area contributed by atoms with E-state index in [0.717, 1.165) is 17.0 Å². The average Bonchev–Trinajstić information content (AvgIpc) is 2.74. The van der Waals surface area contributed by atoms with Gasteiger partial charge in [-0.1, -0.05) is 0 Å². The second-order valence-electron chi connectivity index (χ2n) is 3.47. The van der Waals surface area contributed by atoms with Crippen LogP contribution in [0.3, 0.4) is 0 Å². The van der Waals surface area contributed by atoms with Gasteiger partial charge in [-0.15, -0.1) is 0 Å². The summed E-state index contributed by atoms with van der Waals surface area (Å²) in [4.78, 5) is 0. The van der Waals surface area contributed by atoms with E-state index < -0.39 is 0 Å². The molecule has 4 heteroatoms. The second-order valence-corrected chi connectivity index (χ2v) is 3.47. The fourth-order valence-corrected chi connectivity index (χ4v) is 1.45. The molecule has 2 aromatic rings. The molecule has 0 radical (unpaired) electrons. The molecule has 0 saturated heterocycles. The van der Waals surface area contributed by atoms with Gasteiger partial charge in [0.2, 0.25) is 0 Å². The third-order valence-electron chi connectivity index (χ3n) is 2.22. The van der Waals surface area contributed by atoms with E-state index >= 15 is 0 Å². The van der Waals surface area contributed by atoms with E-state index in [4.69, 9.17) is 9.84 Å². The van der Waals surface area contributed by atoms with Gasteiger partial charge in [-0.05, 0) is 30.3 Å². The molecule has 84 valence electrons. The Morgan fingerprint density at radius 2 is 2.00 bits per heavy atom. The average molecular weight is 218 g/mol. The van der Waals surface area contributed by atoms with Gasteiger partial charge in [-0.2, -0.15) is 5.10 Å². The zero-order chi connectivity index (χ0) is 11.4. The van der Waals surface area contributed by atoms with Crippen molar-refractivity contribution in [3.05, 3.63) is 36.5 Å². The first-order valence-corrected chi connectivity index (χ1v) is 5.13. The van der Waals surface area contributed by atoms with Gasteiger partial charge in [0.05, 0.1) is 12.3 Å². The molecule has 0 unspecified atom stereocenters. The Balaban J connectivity index is 2.13. The first-order chi connectivity index (χ1) is 7.79. The fourth-order valence-electron chi connectivity index (χ4n) is 1.45. The monoisotopic (exact) mass is 218 g/mol. The molecule has 1 N–H and O–H groups in total. The minimum atomic E-state index is 0.0298.